The van der Waals surface area contributed by atoms with Gasteiger partial charge in [-0.15, -0.1) is 0 Å². The van der Waals surface area contributed by atoms with Crippen LogP contribution in [0.15, 0.2) is 18.2 Å². The van der Waals surface area contributed by atoms with Crippen molar-refractivity contribution >= 4 is 5.97 Å². The topological polar surface area (TPSA) is 92.8 Å². The molecule has 1 atom stereocenters. The lowest BCUT2D eigenvalue weighted by molar-refractivity contribution is -0.138. The Morgan fingerprint density at radius 3 is 2.71 bits per heavy atom. The van der Waals surface area contributed by atoms with E-state index in [1.54, 1.807) is 0 Å². The van der Waals surface area contributed by atoms with E-state index in [0.29, 0.717) is 5.56 Å². The summed E-state index contributed by atoms with van der Waals surface area (Å²) in [6.45, 7) is 0. The molecular formula is C9H11NO4. The number of carbonyl (C=O) groups is 1. The Morgan fingerprint density at radius 1 is 1.57 bits per heavy atom. The minimum absolute atomic E-state index is 0.0474. The number of aliphatic carboxylic acids is 1. The summed E-state index contributed by atoms with van der Waals surface area (Å²) in [5.74, 6) is -0.967. The summed E-state index contributed by atoms with van der Waals surface area (Å²) in [7, 11) is 1.38. The van der Waals surface area contributed by atoms with Crippen LogP contribution in [0.5, 0.6) is 11.5 Å². The zero-order valence-corrected chi connectivity index (χ0v) is 7.60. The van der Waals surface area contributed by atoms with Gasteiger partial charge in [-0.25, -0.2) is 0 Å². The van der Waals surface area contributed by atoms with Crippen molar-refractivity contribution in [1.29, 1.82) is 0 Å². The Hall–Kier alpha value is -1.75. The van der Waals surface area contributed by atoms with Crippen molar-refractivity contribution in [2.75, 3.05) is 7.11 Å². The molecule has 0 aromatic heterocycles. The average Bonchev–Trinajstić information content (AvgIpc) is 2.17. The lowest BCUT2D eigenvalue weighted by Gasteiger charge is -2.09. The first-order chi connectivity index (χ1) is 6.56. The Balaban J connectivity index is 3.06. The van der Waals surface area contributed by atoms with Crippen molar-refractivity contribution in [2.45, 2.75) is 6.04 Å². The number of phenolic OH excluding ortho intramolecular Hbond substituents is 1. The quantitative estimate of drug-likeness (QED) is 0.655. The Labute approximate surface area is 80.7 Å². The third-order valence-corrected chi connectivity index (χ3v) is 1.83. The highest BCUT2D eigenvalue weighted by molar-refractivity contribution is 5.75. The maximum Gasteiger partial charge on any atom is 0.325 e. The van der Waals surface area contributed by atoms with Gasteiger partial charge in [0.2, 0.25) is 0 Å². The number of rotatable bonds is 3. The molecule has 5 heteroatoms. The number of benzene rings is 1. The highest BCUT2D eigenvalue weighted by Gasteiger charge is 2.15. The summed E-state index contributed by atoms with van der Waals surface area (Å²) in [4.78, 5) is 10.6. The number of ether oxygens (including phenoxy) is 1. The fraction of sp³-hybridized carbons (Fsp3) is 0.222. The van der Waals surface area contributed by atoms with E-state index in [1.165, 1.54) is 25.3 Å². The summed E-state index contributed by atoms with van der Waals surface area (Å²) >= 11 is 0. The first kappa shape index (κ1) is 10.3. The van der Waals surface area contributed by atoms with Gasteiger partial charge < -0.3 is 20.7 Å². The fourth-order valence-corrected chi connectivity index (χ4v) is 1.03. The predicted molar refractivity (Wildman–Crippen MR) is 49.2 cm³/mol. The number of carboxylic acids is 1. The molecule has 0 aliphatic heterocycles. The van der Waals surface area contributed by atoms with Crippen LogP contribution in [-0.4, -0.2) is 23.3 Å². The minimum atomic E-state index is -1.13. The Bertz CT molecular complexity index is 351. The summed E-state index contributed by atoms with van der Waals surface area (Å²) in [5.41, 5.74) is 5.76. The number of hydrogen-bond donors (Lipinski definition) is 3. The number of aromatic hydroxyl groups is 1. The molecule has 0 amide bonds. The molecule has 1 rings (SSSR count). The molecule has 1 aromatic rings. The second-order valence-corrected chi connectivity index (χ2v) is 2.75. The molecule has 0 bridgehead atoms. The molecule has 0 aliphatic carbocycles. The van der Waals surface area contributed by atoms with E-state index in [2.05, 4.69) is 0 Å². The summed E-state index contributed by atoms with van der Waals surface area (Å²) in [5, 5.41) is 17.9. The number of phenols is 1. The van der Waals surface area contributed by atoms with E-state index in [9.17, 15) is 9.90 Å². The molecular weight excluding hydrogens is 186 g/mol. The predicted octanol–water partition coefficient (Wildman–Crippen LogP) is 0.485. The van der Waals surface area contributed by atoms with E-state index in [0.717, 1.165) is 0 Å². The normalized spacial score (nSPS) is 12.1. The van der Waals surface area contributed by atoms with E-state index in [-0.39, 0.29) is 11.5 Å². The maximum atomic E-state index is 10.6. The van der Waals surface area contributed by atoms with Crippen LogP contribution in [0.3, 0.4) is 0 Å². The highest BCUT2D eigenvalue weighted by Crippen LogP contribution is 2.28. The molecule has 0 saturated carbocycles. The van der Waals surface area contributed by atoms with Gasteiger partial charge in [-0.1, -0.05) is 6.07 Å². The van der Waals surface area contributed by atoms with E-state index >= 15 is 0 Å². The van der Waals surface area contributed by atoms with Crippen LogP contribution in [0.1, 0.15) is 11.6 Å². The largest absolute Gasteiger partial charge is 0.504 e. The molecule has 14 heavy (non-hydrogen) atoms. The standard InChI is InChI=1S/C9H11NO4/c1-14-7-4-5(2-3-6(7)11)8(10)9(12)13/h2-4,8,11H,10H2,1H3,(H,12,13). The lowest BCUT2D eigenvalue weighted by Crippen LogP contribution is -2.20. The molecule has 0 aliphatic rings. The van der Waals surface area contributed by atoms with Gasteiger partial charge in [0.05, 0.1) is 7.11 Å². The van der Waals surface area contributed by atoms with Crippen LogP contribution < -0.4 is 10.5 Å². The van der Waals surface area contributed by atoms with Gasteiger partial charge >= 0.3 is 5.97 Å². The van der Waals surface area contributed by atoms with Crippen LogP contribution in [0.25, 0.3) is 0 Å². The van der Waals surface area contributed by atoms with Crippen LogP contribution in [0, 0.1) is 0 Å². The number of carboxylic acid groups (broad SMARTS) is 1. The average molecular weight is 197 g/mol. The van der Waals surface area contributed by atoms with E-state index in [4.69, 9.17) is 15.6 Å². The summed E-state index contributed by atoms with van der Waals surface area (Å²) in [6.07, 6.45) is 0. The van der Waals surface area contributed by atoms with Crippen molar-refractivity contribution < 1.29 is 19.7 Å². The molecule has 0 fully saturated rings. The lowest BCUT2D eigenvalue weighted by atomic mass is 10.1. The Morgan fingerprint density at radius 2 is 2.21 bits per heavy atom. The first-order valence-corrected chi connectivity index (χ1v) is 3.91. The molecule has 0 heterocycles. The van der Waals surface area contributed by atoms with Gasteiger partial charge in [0.15, 0.2) is 11.5 Å². The van der Waals surface area contributed by atoms with Crippen molar-refractivity contribution in [2.24, 2.45) is 5.73 Å². The highest BCUT2D eigenvalue weighted by atomic mass is 16.5. The number of methoxy groups -OCH3 is 1. The molecule has 1 unspecified atom stereocenters. The maximum absolute atomic E-state index is 10.6. The van der Waals surface area contributed by atoms with Crippen molar-refractivity contribution in [1.82, 2.24) is 0 Å². The zero-order valence-electron chi connectivity index (χ0n) is 7.60. The summed E-state index contributed by atoms with van der Waals surface area (Å²) in [6, 6.07) is 3.08. The van der Waals surface area contributed by atoms with Gasteiger partial charge in [0.1, 0.15) is 6.04 Å². The third kappa shape index (κ3) is 1.94. The van der Waals surface area contributed by atoms with Crippen LogP contribution in [0.2, 0.25) is 0 Å². The molecule has 0 saturated heterocycles. The molecule has 5 nitrogen and oxygen atoms in total. The smallest absolute Gasteiger partial charge is 0.325 e. The molecule has 0 radical (unpaired) electrons. The molecule has 76 valence electrons. The number of nitrogens with two attached hydrogens (primary N) is 1. The van der Waals surface area contributed by atoms with Gasteiger partial charge in [-0.05, 0) is 17.7 Å². The molecule has 1 aromatic carbocycles. The molecule has 4 N–H and O–H groups in total. The van der Waals surface area contributed by atoms with Crippen molar-refractivity contribution in [3.8, 4) is 11.5 Å². The fourth-order valence-electron chi connectivity index (χ4n) is 1.03. The molecule has 0 spiro atoms. The van der Waals surface area contributed by atoms with Gasteiger partial charge in [0.25, 0.3) is 0 Å². The van der Waals surface area contributed by atoms with Crippen LogP contribution >= 0.6 is 0 Å². The first-order valence-electron chi connectivity index (χ1n) is 3.91. The second kappa shape index (κ2) is 3.97. The van der Waals surface area contributed by atoms with Gasteiger partial charge in [0, 0.05) is 0 Å². The zero-order chi connectivity index (χ0) is 10.7. The van der Waals surface area contributed by atoms with Crippen LogP contribution in [0.4, 0.5) is 0 Å². The van der Waals surface area contributed by atoms with Crippen LogP contribution in [-0.2, 0) is 4.79 Å². The monoisotopic (exact) mass is 197 g/mol. The second-order valence-electron chi connectivity index (χ2n) is 2.75. The van der Waals surface area contributed by atoms with E-state index < -0.39 is 12.0 Å². The minimum Gasteiger partial charge on any atom is -0.504 e. The van der Waals surface area contributed by atoms with Crippen molar-refractivity contribution in [3.05, 3.63) is 23.8 Å². The Kier molecular flexibility index (Phi) is 2.93. The van der Waals surface area contributed by atoms with Crippen molar-refractivity contribution in [3.63, 3.8) is 0 Å². The summed E-state index contributed by atoms with van der Waals surface area (Å²) < 4.78 is 4.82. The van der Waals surface area contributed by atoms with Gasteiger partial charge in [-0.3, -0.25) is 4.79 Å². The SMILES string of the molecule is COc1cc(C(N)C(=O)O)ccc1O. The van der Waals surface area contributed by atoms with E-state index in [1.807, 2.05) is 0 Å². The third-order valence-electron chi connectivity index (χ3n) is 1.83. The van der Waals surface area contributed by atoms with Gasteiger partial charge in [-0.2, -0.15) is 0 Å². The number of hydrogen-bond acceptors (Lipinski definition) is 4.